The molecule has 0 radical (unpaired) electrons. The predicted molar refractivity (Wildman–Crippen MR) is 296 cm³/mol. The number of esters is 1. The number of unbranched alkanes of at least 4 members (excludes halogenated alkanes) is 34. The third-order valence-electron chi connectivity index (χ3n) is 13.6. The second-order valence-corrected chi connectivity index (χ2v) is 20.4. The summed E-state index contributed by atoms with van der Waals surface area (Å²) in [7, 11) is 0. The van der Waals surface area contributed by atoms with Crippen LogP contribution in [0.3, 0.4) is 0 Å². The number of carbonyl (C=O) groups excluding carboxylic acids is 2. The fraction of sp³-hybridized carbons (Fsp3) is 0.839. The minimum Gasteiger partial charge on any atom is -0.462 e. The van der Waals surface area contributed by atoms with Crippen LogP contribution in [0.5, 0.6) is 0 Å². The highest BCUT2D eigenvalue weighted by Gasteiger charge is 2.24. The van der Waals surface area contributed by atoms with E-state index in [1.165, 1.54) is 180 Å². The van der Waals surface area contributed by atoms with Crippen LogP contribution in [0.1, 0.15) is 310 Å². The average Bonchev–Trinajstić information content (AvgIpc) is 3.33. The summed E-state index contributed by atoms with van der Waals surface area (Å²) in [6, 6.07) is -0.710. The van der Waals surface area contributed by atoms with Gasteiger partial charge in [0.25, 0.3) is 0 Å². The highest BCUT2D eigenvalue weighted by atomic mass is 16.5. The van der Waals surface area contributed by atoms with Crippen molar-refractivity contribution < 1.29 is 24.5 Å². The Morgan fingerprint density at radius 2 is 0.750 bits per heavy atom. The molecule has 6 heteroatoms. The van der Waals surface area contributed by atoms with Gasteiger partial charge >= 0.3 is 5.97 Å². The first-order valence-electron chi connectivity index (χ1n) is 29.9. The maximum absolute atomic E-state index is 13.3. The van der Waals surface area contributed by atoms with Crippen molar-refractivity contribution in [1.29, 1.82) is 0 Å². The van der Waals surface area contributed by atoms with Crippen molar-refractivity contribution in [2.45, 2.75) is 328 Å². The molecule has 0 aliphatic rings. The van der Waals surface area contributed by atoms with E-state index in [-0.39, 0.29) is 24.9 Å². The first-order valence-corrected chi connectivity index (χ1v) is 29.9. The van der Waals surface area contributed by atoms with Crippen LogP contribution in [0, 0.1) is 0 Å². The molecule has 3 N–H and O–H groups in total. The predicted octanol–water partition coefficient (Wildman–Crippen LogP) is 18.6. The summed E-state index contributed by atoms with van der Waals surface area (Å²) >= 11 is 0. The van der Waals surface area contributed by atoms with Crippen molar-refractivity contribution in [2.75, 3.05) is 6.61 Å². The maximum atomic E-state index is 13.3. The van der Waals surface area contributed by atoms with E-state index in [4.69, 9.17) is 4.74 Å². The van der Waals surface area contributed by atoms with Gasteiger partial charge in [0, 0.05) is 6.42 Å². The van der Waals surface area contributed by atoms with E-state index in [1.54, 1.807) is 0 Å². The van der Waals surface area contributed by atoms with Crippen LogP contribution in [0.25, 0.3) is 0 Å². The quantitative estimate of drug-likeness (QED) is 0.0321. The number of hydrogen-bond donors (Lipinski definition) is 3. The van der Waals surface area contributed by atoms with Crippen LogP contribution in [0.4, 0.5) is 0 Å². The Balaban J connectivity index is 4.58. The van der Waals surface area contributed by atoms with Crippen LogP contribution in [-0.4, -0.2) is 46.9 Å². The minimum atomic E-state index is -0.795. The first kappa shape index (κ1) is 65.8. The summed E-state index contributed by atoms with van der Waals surface area (Å²) in [5, 5.41) is 23.9. The number of aliphatic hydroxyl groups excluding tert-OH is 2. The lowest BCUT2D eigenvalue weighted by Gasteiger charge is -2.24. The fourth-order valence-corrected chi connectivity index (χ4v) is 9.08. The fourth-order valence-electron chi connectivity index (χ4n) is 9.08. The van der Waals surface area contributed by atoms with Gasteiger partial charge in [-0.3, -0.25) is 9.59 Å². The molecule has 6 nitrogen and oxygen atoms in total. The summed E-state index contributed by atoms with van der Waals surface area (Å²) < 4.78 is 5.96. The second-order valence-electron chi connectivity index (χ2n) is 20.4. The highest BCUT2D eigenvalue weighted by molar-refractivity contribution is 5.77. The molecular formula is C62H115NO5. The molecule has 0 aromatic heterocycles. The number of rotatable bonds is 54. The summed E-state index contributed by atoms with van der Waals surface area (Å²) in [5.74, 6) is -0.486. The van der Waals surface area contributed by atoms with Crippen molar-refractivity contribution in [3.05, 3.63) is 48.6 Å². The van der Waals surface area contributed by atoms with Crippen LogP contribution >= 0.6 is 0 Å². The van der Waals surface area contributed by atoms with Gasteiger partial charge in [-0.05, 0) is 89.9 Å². The van der Waals surface area contributed by atoms with Gasteiger partial charge in [0.2, 0.25) is 5.91 Å². The van der Waals surface area contributed by atoms with Gasteiger partial charge in [0.1, 0.15) is 6.10 Å². The van der Waals surface area contributed by atoms with E-state index >= 15 is 0 Å². The van der Waals surface area contributed by atoms with Crippen LogP contribution in [0.2, 0.25) is 0 Å². The lowest BCUT2D eigenvalue weighted by atomic mass is 10.0. The van der Waals surface area contributed by atoms with Crippen LogP contribution in [-0.2, 0) is 14.3 Å². The average molecular weight is 955 g/mol. The molecule has 3 unspecified atom stereocenters. The monoisotopic (exact) mass is 954 g/mol. The van der Waals surface area contributed by atoms with E-state index in [2.05, 4.69) is 74.7 Å². The van der Waals surface area contributed by atoms with Gasteiger partial charge in [0.15, 0.2) is 0 Å². The normalized spacial score (nSPS) is 13.4. The van der Waals surface area contributed by atoms with Gasteiger partial charge < -0.3 is 20.3 Å². The second kappa shape index (κ2) is 55.7. The Labute approximate surface area is 423 Å². The SMILES string of the molecule is CCCCC/C=C\C/C=C\C/C=C\CCCCCCC(CC(=O)NC(CO)C(O)CCCCCCCCCCCCCCC)OC(=O)CCCCCCCCCCC/C=C/CCCCCCCC. The van der Waals surface area contributed by atoms with E-state index in [9.17, 15) is 19.8 Å². The van der Waals surface area contributed by atoms with Crippen molar-refractivity contribution in [3.8, 4) is 0 Å². The zero-order valence-corrected chi connectivity index (χ0v) is 45.5. The zero-order valence-electron chi connectivity index (χ0n) is 45.5. The Hall–Kier alpha value is -2.18. The molecule has 0 saturated carbocycles. The summed E-state index contributed by atoms with van der Waals surface area (Å²) in [4.78, 5) is 26.3. The molecule has 1 amide bonds. The van der Waals surface area contributed by atoms with Crippen molar-refractivity contribution in [2.24, 2.45) is 0 Å². The molecule has 0 aliphatic heterocycles. The molecule has 0 heterocycles. The number of amides is 1. The smallest absolute Gasteiger partial charge is 0.306 e. The van der Waals surface area contributed by atoms with Crippen molar-refractivity contribution in [3.63, 3.8) is 0 Å². The number of ether oxygens (including phenoxy) is 1. The lowest BCUT2D eigenvalue weighted by Crippen LogP contribution is -2.46. The van der Waals surface area contributed by atoms with E-state index in [0.29, 0.717) is 19.3 Å². The minimum absolute atomic E-state index is 0.0636. The van der Waals surface area contributed by atoms with Crippen LogP contribution in [0.15, 0.2) is 48.6 Å². The Morgan fingerprint density at radius 3 is 1.18 bits per heavy atom. The molecule has 0 aliphatic carbocycles. The molecular weight excluding hydrogens is 839 g/mol. The summed E-state index contributed by atoms with van der Waals surface area (Å²) in [6.07, 6.45) is 68.9. The van der Waals surface area contributed by atoms with Crippen molar-refractivity contribution >= 4 is 11.9 Å². The van der Waals surface area contributed by atoms with E-state index < -0.39 is 18.2 Å². The molecule has 0 bridgehead atoms. The number of nitrogens with one attached hydrogen (secondary N) is 1. The Morgan fingerprint density at radius 1 is 0.426 bits per heavy atom. The van der Waals surface area contributed by atoms with Crippen molar-refractivity contribution in [1.82, 2.24) is 5.32 Å². The molecule has 0 aromatic rings. The van der Waals surface area contributed by atoms with Gasteiger partial charge in [-0.2, -0.15) is 0 Å². The molecule has 0 aromatic carbocycles. The highest BCUT2D eigenvalue weighted by Crippen LogP contribution is 2.18. The molecule has 68 heavy (non-hydrogen) atoms. The van der Waals surface area contributed by atoms with Gasteiger partial charge in [-0.25, -0.2) is 0 Å². The third-order valence-corrected chi connectivity index (χ3v) is 13.6. The van der Waals surface area contributed by atoms with E-state index in [0.717, 1.165) is 83.5 Å². The Bertz CT molecular complexity index is 1160. The molecule has 0 fully saturated rings. The standard InChI is InChI=1S/C62H115NO5/c1-4-7-10-13-16-19-22-25-27-29-30-32-34-37-40-43-46-49-52-55-62(67)68-58(53-50-47-44-41-38-36-33-31-28-26-23-20-17-14-11-8-5-2)56-61(66)63-59(57-64)60(65)54-51-48-45-42-39-35-24-21-18-15-12-9-6-3/h17,20,25-28,33,36,58-60,64-65H,4-16,18-19,21-24,29-32,34-35,37-57H2,1-3H3,(H,63,66)/b20-17-,27-25+,28-26-,36-33-. The Kier molecular flexibility index (Phi) is 54.0. The molecule has 398 valence electrons. The molecule has 0 saturated heterocycles. The summed E-state index contributed by atoms with van der Waals surface area (Å²) in [6.45, 7) is 6.48. The lowest BCUT2D eigenvalue weighted by molar-refractivity contribution is -0.151. The van der Waals surface area contributed by atoms with E-state index in [1.807, 2.05) is 0 Å². The molecule has 0 spiro atoms. The largest absolute Gasteiger partial charge is 0.462 e. The number of hydrogen-bond acceptors (Lipinski definition) is 5. The first-order chi connectivity index (χ1) is 33.5. The van der Waals surface area contributed by atoms with Gasteiger partial charge in [-0.15, -0.1) is 0 Å². The van der Waals surface area contributed by atoms with Gasteiger partial charge in [0.05, 0.1) is 25.2 Å². The molecule has 3 atom stereocenters. The zero-order chi connectivity index (χ0) is 49.5. The number of carbonyl (C=O) groups is 2. The van der Waals surface area contributed by atoms with Crippen LogP contribution < -0.4 is 5.32 Å². The maximum Gasteiger partial charge on any atom is 0.306 e. The topological polar surface area (TPSA) is 95.9 Å². The van der Waals surface area contributed by atoms with Gasteiger partial charge in [-0.1, -0.05) is 256 Å². The number of aliphatic hydroxyl groups is 2. The summed E-state index contributed by atoms with van der Waals surface area (Å²) in [5.41, 5.74) is 0. The molecule has 0 rings (SSSR count). The third kappa shape index (κ3) is 50.2. The number of allylic oxidation sites excluding steroid dienone is 8.